The van der Waals surface area contributed by atoms with Crippen LogP contribution in [0.3, 0.4) is 0 Å². The van der Waals surface area contributed by atoms with E-state index in [-0.39, 0.29) is 18.9 Å². The highest BCUT2D eigenvalue weighted by atomic mass is 32.2. The number of nitrogens with zero attached hydrogens (tertiary/aromatic N) is 1. The Bertz CT molecular complexity index is 559. The molecule has 1 amide bonds. The Balaban J connectivity index is 2.67. The minimum atomic E-state index is -3.24. The Labute approximate surface area is 119 Å². The molecule has 0 bridgehead atoms. The molecule has 0 aromatic carbocycles. The van der Waals surface area contributed by atoms with Gasteiger partial charge in [0, 0.05) is 18.9 Å². The highest BCUT2D eigenvalue weighted by molar-refractivity contribution is 7.92. The van der Waals surface area contributed by atoms with E-state index in [1.807, 2.05) is 13.8 Å². The van der Waals surface area contributed by atoms with Crippen molar-refractivity contribution in [2.75, 3.05) is 12.8 Å². The van der Waals surface area contributed by atoms with Crippen LogP contribution < -0.4 is 5.32 Å². The van der Waals surface area contributed by atoms with Gasteiger partial charge in [0.05, 0.1) is 16.9 Å². The van der Waals surface area contributed by atoms with E-state index in [4.69, 9.17) is 4.52 Å². The smallest absolute Gasteiger partial charge is 0.226 e. The normalized spacial score (nSPS) is 12.4. The first-order chi connectivity index (χ1) is 9.24. The Morgan fingerprint density at radius 2 is 2.00 bits per heavy atom. The van der Waals surface area contributed by atoms with Crippen LogP contribution in [0.5, 0.6) is 0 Å². The summed E-state index contributed by atoms with van der Waals surface area (Å²) in [4.78, 5) is 11.8. The summed E-state index contributed by atoms with van der Waals surface area (Å²) < 4.78 is 27.8. The maximum atomic E-state index is 11.9. The number of carbonyl (C=O) groups excluding carboxylic acids is 1. The number of amides is 1. The second kappa shape index (κ2) is 6.39. The van der Waals surface area contributed by atoms with Gasteiger partial charge in [-0.3, -0.25) is 4.79 Å². The Morgan fingerprint density at radius 3 is 2.40 bits per heavy atom. The predicted molar refractivity (Wildman–Crippen MR) is 76.1 cm³/mol. The van der Waals surface area contributed by atoms with Gasteiger partial charge in [0.15, 0.2) is 9.84 Å². The lowest BCUT2D eigenvalue weighted by Crippen LogP contribution is -2.48. The van der Waals surface area contributed by atoms with Crippen molar-refractivity contribution in [2.45, 2.75) is 44.8 Å². The molecule has 0 radical (unpaired) electrons. The molecule has 0 aliphatic rings. The fourth-order valence-electron chi connectivity index (χ4n) is 2.14. The maximum Gasteiger partial charge on any atom is 0.226 e. The van der Waals surface area contributed by atoms with Crippen LogP contribution in [0.25, 0.3) is 0 Å². The van der Waals surface area contributed by atoms with Crippen molar-refractivity contribution in [1.29, 1.82) is 0 Å². The summed E-state index contributed by atoms with van der Waals surface area (Å²) in [5.41, 5.74) is 0.540. The zero-order valence-corrected chi connectivity index (χ0v) is 13.2. The van der Waals surface area contributed by atoms with Crippen molar-refractivity contribution in [3.63, 3.8) is 0 Å². The van der Waals surface area contributed by atoms with Crippen LogP contribution >= 0.6 is 0 Å². The third kappa shape index (κ3) is 3.82. The van der Waals surface area contributed by atoms with Crippen LogP contribution in [0.4, 0.5) is 0 Å². The van der Waals surface area contributed by atoms with Crippen LogP contribution in [0.2, 0.25) is 0 Å². The molecule has 6 nitrogen and oxygen atoms in total. The van der Waals surface area contributed by atoms with Gasteiger partial charge in [0.25, 0.3) is 0 Å². The van der Waals surface area contributed by atoms with E-state index in [1.165, 1.54) is 6.26 Å². The van der Waals surface area contributed by atoms with Gasteiger partial charge in [-0.1, -0.05) is 19.0 Å². The van der Waals surface area contributed by atoms with Crippen LogP contribution in [0.1, 0.15) is 38.1 Å². The second-order valence-electron chi connectivity index (χ2n) is 5.04. The molecule has 1 N–H and O–H groups in total. The van der Waals surface area contributed by atoms with Crippen LogP contribution in [0.15, 0.2) is 10.6 Å². The second-order valence-corrected chi connectivity index (χ2v) is 7.46. The molecule has 0 unspecified atom stereocenters. The van der Waals surface area contributed by atoms with Gasteiger partial charge in [-0.25, -0.2) is 8.42 Å². The number of hydrogen-bond donors (Lipinski definition) is 1. The number of carbonyl (C=O) groups is 1. The molecule has 1 aromatic rings. The first-order valence-corrected chi connectivity index (χ1v) is 8.51. The van der Waals surface area contributed by atoms with E-state index in [1.54, 1.807) is 13.0 Å². The lowest BCUT2D eigenvalue weighted by Gasteiger charge is -2.29. The summed E-state index contributed by atoms with van der Waals surface area (Å²) in [6.07, 6.45) is 2.23. The summed E-state index contributed by atoms with van der Waals surface area (Å²) >= 11 is 0. The minimum absolute atomic E-state index is 0.0879. The van der Waals surface area contributed by atoms with E-state index in [0.717, 1.165) is 0 Å². The number of aromatic nitrogens is 1. The zero-order valence-electron chi connectivity index (χ0n) is 12.4. The van der Waals surface area contributed by atoms with Gasteiger partial charge < -0.3 is 9.84 Å². The summed E-state index contributed by atoms with van der Waals surface area (Å²) in [7, 11) is -3.24. The standard InChI is InChI=1S/C13H22N2O4S/c1-5-13(6-2,20(4,17)18)9-14-12(16)8-11-7-10(3)19-15-11/h7H,5-6,8-9H2,1-4H3,(H,14,16). The van der Waals surface area contributed by atoms with Crippen molar-refractivity contribution < 1.29 is 17.7 Å². The molecule has 1 aromatic heterocycles. The van der Waals surface area contributed by atoms with Crippen LogP contribution in [-0.2, 0) is 21.1 Å². The van der Waals surface area contributed by atoms with E-state index < -0.39 is 14.6 Å². The molecule has 0 aliphatic heterocycles. The van der Waals surface area contributed by atoms with E-state index in [0.29, 0.717) is 24.3 Å². The molecule has 0 atom stereocenters. The average Bonchev–Trinajstić information content (AvgIpc) is 2.75. The van der Waals surface area contributed by atoms with Gasteiger partial charge in [-0.05, 0) is 19.8 Å². The highest BCUT2D eigenvalue weighted by Crippen LogP contribution is 2.24. The lowest BCUT2D eigenvalue weighted by atomic mass is 10.0. The highest BCUT2D eigenvalue weighted by Gasteiger charge is 2.37. The molecule has 20 heavy (non-hydrogen) atoms. The Morgan fingerprint density at radius 1 is 1.40 bits per heavy atom. The molecule has 0 fully saturated rings. The van der Waals surface area contributed by atoms with Crippen LogP contribution in [0, 0.1) is 6.92 Å². The van der Waals surface area contributed by atoms with Gasteiger partial charge in [0.1, 0.15) is 5.76 Å². The number of rotatable bonds is 7. The Kier molecular flexibility index (Phi) is 5.33. The summed E-state index contributed by atoms with van der Waals surface area (Å²) in [6.45, 7) is 5.50. The topological polar surface area (TPSA) is 89.3 Å². The molecule has 114 valence electrons. The Hall–Kier alpha value is -1.37. The molecule has 1 heterocycles. The number of aryl methyl sites for hydroxylation is 1. The number of nitrogens with one attached hydrogen (secondary N) is 1. The SMILES string of the molecule is CCC(CC)(CNC(=O)Cc1cc(C)on1)S(C)(=O)=O. The zero-order chi connectivity index (χ0) is 15.4. The fourth-order valence-corrected chi connectivity index (χ4v) is 3.53. The van der Waals surface area contributed by atoms with E-state index >= 15 is 0 Å². The van der Waals surface area contributed by atoms with Crippen molar-refractivity contribution in [3.05, 3.63) is 17.5 Å². The summed E-state index contributed by atoms with van der Waals surface area (Å²) in [5, 5.41) is 6.43. The molecule has 0 spiro atoms. The van der Waals surface area contributed by atoms with Gasteiger partial charge in [-0.2, -0.15) is 0 Å². The molecule has 7 heteroatoms. The van der Waals surface area contributed by atoms with Crippen molar-refractivity contribution >= 4 is 15.7 Å². The quantitative estimate of drug-likeness (QED) is 0.818. The summed E-state index contributed by atoms with van der Waals surface area (Å²) in [5.74, 6) is 0.383. The van der Waals surface area contributed by atoms with Gasteiger partial charge in [0.2, 0.25) is 5.91 Å². The molecule has 0 saturated carbocycles. The van der Waals surface area contributed by atoms with Crippen molar-refractivity contribution in [1.82, 2.24) is 10.5 Å². The van der Waals surface area contributed by atoms with Crippen molar-refractivity contribution in [3.8, 4) is 0 Å². The largest absolute Gasteiger partial charge is 0.361 e. The fraction of sp³-hybridized carbons (Fsp3) is 0.692. The van der Waals surface area contributed by atoms with E-state index in [2.05, 4.69) is 10.5 Å². The predicted octanol–water partition coefficient (Wildman–Crippen LogP) is 1.25. The first kappa shape index (κ1) is 16.7. The van der Waals surface area contributed by atoms with E-state index in [9.17, 15) is 13.2 Å². The van der Waals surface area contributed by atoms with Gasteiger partial charge >= 0.3 is 0 Å². The molecule has 1 rings (SSSR count). The third-order valence-corrected chi connectivity index (χ3v) is 6.00. The number of hydrogen-bond acceptors (Lipinski definition) is 5. The molecular weight excluding hydrogens is 280 g/mol. The average molecular weight is 302 g/mol. The molecule has 0 aliphatic carbocycles. The number of sulfone groups is 1. The summed E-state index contributed by atoms with van der Waals surface area (Å²) in [6, 6.07) is 1.68. The third-order valence-electron chi connectivity index (χ3n) is 3.70. The maximum absolute atomic E-state index is 11.9. The lowest BCUT2D eigenvalue weighted by molar-refractivity contribution is -0.120. The molecule has 0 saturated heterocycles. The monoisotopic (exact) mass is 302 g/mol. The minimum Gasteiger partial charge on any atom is -0.361 e. The van der Waals surface area contributed by atoms with Gasteiger partial charge in [-0.15, -0.1) is 0 Å². The first-order valence-electron chi connectivity index (χ1n) is 6.62. The van der Waals surface area contributed by atoms with Crippen molar-refractivity contribution in [2.24, 2.45) is 0 Å². The molecular formula is C13H22N2O4S. The van der Waals surface area contributed by atoms with Crippen LogP contribution in [-0.4, -0.2) is 37.0 Å².